The van der Waals surface area contributed by atoms with E-state index in [1.807, 2.05) is 4.90 Å². The van der Waals surface area contributed by atoms with E-state index in [2.05, 4.69) is 40.8 Å². The van der Waals surface area contributed by atoms with E-state index in [0.29, 0.717) is 26.2 Å². The van der Waals surface area contributed by atoms with Crippen LogP contribution in [0.3, 0.4) is 0 Å². The van der Waals surface area contributed by atoms with Crippen molar-refractivity contribution in [2.75, 3.05) is 38.4 Å². The number of ether oxygens (including phenoxy) is 2. The zero-order chi connectivity index (χ0) is 15.1. The van der Waals surface area contributed by atoms with Crippen LogP contribution in [0.2, 0.25) is 0 Å². The number of aryl methyl sites for hydroxylation is 1. The molecule has 2 rings (SSSR count). The van der Waals surface area contributed by atoms with Crippen LogP contribution < -0.4 is 4.90 Å². The second kappa shape index (κ2) is 8.70. The van der Waals surface area contributed by atoms with Gasteiger partial charge >= 0.3 is 0 Å². The molecular formula is C16H22INO3. The number of carbonyl (C=O) groups is 1. The van der Waals surface area contributed by atoms with Crippen molar-refractivity contribution in [1.82, 2.24) is 0 Å². The molecule has 5 heteroatoms. The van der Waals surface area contributed by atoms with Gasteiger partial charge in [0.15, 0.2) is 0 Å². The zero-order valence-corrected chi connectivity index (χ0v) is 14.6. The normalized spacial score (nSPS) is 15.0. The highest BCUT2D eigenvalue weighted by molar-refractivity contribution is 14.1. The number of benzene rings is 1. The Kier molecular flexibility index (Phi) is 6.92. The summed E-state index contributed by atoms with van der Waals surface area (Å²) < 4.78 is 11.6. The number of methoxy groups -OCH3 is 1. The SMILES string of the molecule is COCCOCCCN1C(=O)CCCc2cc(I)ccc21. The van der Waals surface area contributed by atoms with Gasteiger partial charge in [0.2, 0.25) is 5.91 Å². The molecule has 1 aliphatic heterocycles. The molecule has 0 fully saturated rings. The van der Waals surface area contributed by atoms with Crippen molar-refractivity contribution in [3.05, 3.63) is 27.3 Å². The Hall–Kier alpha value is -0.660. The van der Waals surface area contributed by atoms with Crippen LogP contribution in [0, 0.1) is 3.57 Å². The highest BCUT2D eigenvalue weighted by Gasteiger charge is 2.21. The summed E-state index contributed by atoms with van der Waals surface area (Å²) in [5.74, 6) is 0.229. The smallest absolute Gasteiger partial charge is 0.226 e. The van der Waals surface area contributed by atoms with Gasteiger partial charge in [-0.15, -0.1) is 0 Å². The topological polar surface area (TPSA) is 38.8 Å². The predicted molar refractivity (Wildman–Crippen MR) is 91.8 cm³/mol. The lowest BCUT2D eigenvalue weighted by Gasteiger charge is -2.23. The van der Waals surface area contributed by atoms with Crippen LogP contribution in [0.4, 0.5) is 5.69 Å². The van der Waals surface area contributed by atoms with E-state index in [9.17, 15) is 4.79 Å². The largest absolute Gasteiger partial charge is 0.382 e. The van der Waals surface area contributed by atoms with E-state index >= 15 is 0 Å². The molecule has 4 nitrogen and oxygen atoms in total. The quantitative estimate of drug-likeness (QED) is 0.519. The standard InChI is InChI=1S/C16H22INO3/c1-20-10-11-21-9-3-8-18-15-7-6-14(17)12-13(15)4-2-5-16(18)19/h6-7,12H,2-5,8-11H2,1H3. The second-order valence-electron chi connectivity index (χ2n) is 5.13. The fourth-order valence-electron chi connectivity index (χ4n) is 2.53. The van der Waals surface area contributed by atoms with E-state index in [1.54, 1.807) is 7.11 Å². The first-order valence-corrected chi connectivity index (χ1v) is 8.45. The lowest BCUT2D eigenvalue weighted by atomic mass is 10.1. The number of carbonyl (C=O) groups excluding carboxylic acids is 1. The Bertz CT molecular complexity index is 479. The van der Waals surface area contributed by atoms with Gasteiger partial charge in [-0.1, -0.05) is 0 Å². The van der Waals surface area contributed by atoms with Crippen molar-refractivity contribution < 1.29 is 14.3 Å². The van der Waals surface area contributed by atoms with Crippen LogP contribution in [0.1, 0.15) is 24.8 Å². The Balaban J connectivity index is 1.95. The Morgan fingerprint density at radius 2 is 2.10 bits per heavy atom. The number of rotatable bonds is 7. The van der Waals surface area contributed by atoms with E-state index in [0.717, 1.165) is 31.5 Å². The van der Waals surface area contributed by atoms with Gasteiger partial charge in [0.1, 0.15) is 0 Å². The third-order valence-electron chi connectivity index (χ3n) is 3.57. The fraction of sp³-hybridized carbons (Fsp3) is 0.562. The maximum Gasteiger partial charge on any atom is 0.226 e. The molecule has 0 bridgehead atoms. The predicted octanol–water partition coefficient (Wildman–Crippen LogP) is 3.01. The summed E-state index contributed by atoms with van der Waals surface area (Å²) in [6, 6.07) is 6.34. The summed E-state index contributed by atoms with van der Waals surface area (Å²) in [5.41, 5.74) is 2.36. The van der Waals surface area contributed by atoms with Crippen LogP contribution in [0.5, 0.6) is 0 Å². The number of amides is 1. The first-order chi connectivity index (χ1) is 10.2. The lowest BCUT2D eigenvalue weighted by Crippen LogP contribution is -2.31. The average Bonchev–Trinajstić information content (AvgIpc) is 2.61. The second-order valence-corrected chi connectivity index (χ2v) is 6.38. The van der Waals surface area contributed by atoms with Gasteiger partial charge in [-0.3, -0.25) is 4.79 Å². The number of anilines is 1. The lowest BCUT2D eigenvalue weighted by molar-refractivity contribution is -0.118. The molecule has 0 spiro atoms. The van der Waals surface area contributed by atoms with Gasteiger partial charge < -0.3 is 14.4 Å². The van der Waals surface area contributed by atoms with Gasteiger partial charge in [-0.05, 0) is 65.6 Å². The molecule has 0 aliphatic carbocycles. The van der Waals surface area contributed by atoms with Crippen molar-refractivity contribution in [3.63, 3.8) is 0 Å². The van der Waals surface area contributed by atoms with Gasteiger partial charge in [-0.2, -0.15) is 0 Å². The molecule has 0 saturated carbocycles. The van der Waals surface area contributed by atoms with Crippen LogP contribution in [0.15, 0.2) is 18.2 Å². The number of hydrogen-bond acceptors (Lipinski definition) is 3. The summed E-state index contributed by atoms with van der Waals surface area (Å²) >= 11 is 2.32. The molecule has 1 aromatic rings. The molecule has 1 aromatic carbocycles. The number of fused-ring (bicyclic) bond motifs is 1. The summed E-state index contributed by atoms with van der Waals surface area (Å²) in [6.45, 7) is 2.61. The third kappa shape index (κ3) is 4.93. The molecule has 116 valence electrons. The van der Waals surface area contributed by atoms with Crippen LogP contribution in [0.25, 0.3) is 0 Å². The molecule has 1 heterocycles. The minimum Gasteiger partial charge on any atom is -0.382 e. The zero-order valence-electron chi connectivity index (χ0n) is 12.4. The van der Waals surface area contributed by atoms with Crippen LogP contribution in [-0.2, 0) is 20.7 Å². The Morgan fingerprint density at radius 1 is 1.24 bits per heavy atom. The first kappa shape index (κ1) is 16.7. The third-order valence-corrected chi connectivity index (χ3v) is 4.24. The molecule has 0 atom stereocenters. The highest BCUT2D eigenvalue weighted by atomic mass is 127. The summed E-state index contributed by atoms with van der Waals surface area (Å²) in [6.07, 6.45) is 3.40. The van der Waals surface area contributed by atoms with Gasteiger partial charge in [0, 0.05) is 35.9 Å². The number of nitrogens with zero attached hydrogens (tertiary/aromatic N) is 1. The number of halogens is 1. The Labute approximate surface area is 139 Å². The maximum atomic E-state index is 12.3. The van der Waals surface area contributed by atoms with Gasteiger partial charge in [0.05, 0.1) is 13.2 Å². The molecule has 0 unspecified atom stereocenters. The maximum absolute atomic E-state index is 12.3. The molecule has 1 amide bonds. The summed E-state index contributed by atoms with van der Waals surface area (Å²) in [4.78, 5) is 14.2. The van der Waals surface area contributed by atoms with Crippen LogP contribution in [-0.4, -0.2) is 39.4 Å². The van der Waals surface area contributed by atoms with Crippen molar-refractivity contribution in [3.8, 4) is 0 Å². The van der Waals surface area contributed by atoms with Gasteiger partial charge in [0.25, 0.3) is 0 Å². The van der Waals surface area contributed by atoms with Crippen molar-refractivity contribution in [2.45, 2.75) is 25.7 Å². The minimum absolute atomic E-state index is 0.229. The minimum atomic E-state index is 0.229. The van der Waals surface area contributed by atoms with E-state index in [1.165, 1.54) is 9.13 Å². The fourth-order valence-corrected chi connectivity index (χ4v) is 3.09. The van der Waals surface area contributed by atoms with E-state index in [-0.39, 0.29) is 5.91 Å². The molecule has 1 aliphatic rings. The van der Waals surface area contributed by atoms with Crippen molar-refractivity contribution in [2.24, 2.45) is 0 Å². The van der Waals surface area contributed by atoms with Crippen molar-refractivity contribution >= 4 is 34.2 Å². The van der Waals surface area contributed by atoms with Crippen molar-refractivity contribution in [1.29, 1.82) is 0 Å². The molecule has 0 N–H and O–H groups in total. The molecular weight excluding hydrogens is 381 g/mol. The van der Waals surface area contributed by atoms with E-state index < -0.39 is 0 Å². The average molecular weight is 403 g/mol. The highest BCUT2D eigenvalue weighted by Crippen LogP contribution is 2.28. The van der Waals surface area contributed by atoms with Gasteiger partial charge in [-0.25, -0.2) is 0 Å². The van der Waals surface area contributed by atoms with E-state index in [4.69, 9.17) is 9.47 Å². The Morgan fingerprint density at radius 3 is 2.90 bits per heavy atom. The van der Waals surface area contributed by atoms with Crippen LogP contribution >= 0.6 is 22.6 Å². The summed E-state index contributed by atoms with van der Waals surface area (Å²) in [5, 5.41) is 0. The molecule has 0 radical (unpaired) electrons. The monoisotopic (exact) mass is 403 g/mol. The molecule has 0 saturated heterocycles. The summed E-state index contributed by atoms with van der Waals surface area (Å²) in [7, 11) is 1.66. The number of hydrogen-bond donors (Lipinski definition) is 0. The molecule has 21 heavy (non-hydrogen) atoms. The first-order valence-electron chi connectivity index (χ1n) is 7.38. The molecule has 0 aromatic heterocycles.